The van der Waals surface area contributed by atoms with Gasteiger partial charge in [0.15, 0.2) is 8.32 Å². The minimum Gasteiger partial charge on any atom is -0.417 e. The molecule has 2 nitrogen and oxygen atoms in total. The van der Waals surface area contributed by atoms with Crippen molar-refractivity contribution in [2.45, 2.75) is 51.7 Å². The molecule has 0 bridgehead atoms. The molecule has 0 N–H and O–H groups in total. The van der Waals surface area contributed by atoms with Crippen LogP contribution in [-0.4, -0.2) is 14.9 Å². The van der Waals surface area contributed by atoms with Crippen molar-refractivity contribution in [1.29, 1.82) is 5.26 Å². The van der Waals surface area contributed by atoms with Gasteiger partial charge in [-0.25, -0.2) is 0 Å². The monoisotopic (exact) mass is 289 g/mol. The van der Waals surface area contributed by atoms with Crippen LogP contribution in [0.4, 0.5) is 0 Å². The fraction of sp³-hybridized carbons (Fsp3) is 0.588. The molecular weight excluding hydrogens is 262 g/mol. The van der Waals surface area contributed by atoms with Crippen molar-refractivity contribution in [2.24, 2.45) is 5.92 Å². The van der Waals surface area contributed by atoms with Gasteiger partial charge in [-0.2, -0.15) is 5.26 Å². The average Bonchev–Trinajstić information content (AvgIpc) is 2.36. The van der Waals surface area contributed by atoms with Gasteiger partial charge in [0.05, 0.1) is 6.07 Å². The average molecular weight is 289 g/mol. The molecule has 110 valence electrons. The third-order valence-electron chi connectivity index (χ3n) is 4.23. The van der Waals surface area contributed by atoms with E-state index in [2.05, 4.69) is 52.1 Å². The van der Waals surface area contributed by atoms with Crippen molar-refractivity contribution in [3.8, 4) is 6.07 Å². The second-order valence-electron chi connectivity index (χ2n) is 6.99. The minimum absolute atomic E-state index is 0.219. The number of nitriles is 1. The SMILES string of the molecule is CC(C)(C)[Si](C)(C)OC[C@@H](CC#N)Cc1ccccc1. The molecule has 0 aromatic heterocycles. The molecule has 0 radical (unpaired) electrons. The van der Waals surface area contributed by atoms with E-state index < -0.39 is 8.32 Å². The molecule has 0 heterocycles. The highest BCUT2D eigenvalue weighted by Crippen LogP contribution is 2.37. The smallest absolute Gasteiger partial charge is 0.191 e. The van der Waals surface area contributed by atoms with Crippen LogP contribution in [0.15, 0.2) is 30.3 Å². The van der Waals surface area contributed by atoms with Crippen molar-refractivity contribution in [1.82, 2.24) is 0 Å². The van der Waals surface area contributed by atoms with E-state index in [1.165, 1.54) is 5.56 Å². The highest BCUT2D eigenvalue weighted by atomic mass is 28.4. The maximum absolute atomic E-state index is 9.01. The largest absolute Gasteiger partial charge is 0.417 e. The van der Waals surface area contributed by atoms with E-state index in [0.29, 0.717) is 13.0 Å². The Bertz CT molecular complexity index is 442. The Morgan fingerprint density at radius 3 is 2.30 bits per heavy atom. The molecule has 20 heavy (non-hydrogen) atoms. The van der Waals surface area contributed by atoms with Crippen molar-refractivity contribution < 1.29 is 4.43 Å². The summed E-state index contributed by atoms with van der Waals surface area (Å²) in [5.41, 5.74) is 1.28. The molecule has 1 rings (SSSR count). The molecule has 1 aromatic carbocycles. The fourth-order valence-electron chi connectivity index (χ4n) is 1.81. The lowest BCUT2D eigenvalue weighted by atomic mass is 9.98. The topological polar surface area (TPSA) is 33.0 Å². The fourth-order valence-corrected chi connectivity index (χ4v) is 2.89. The summed E-state index contributed by atoms with van der Waals surface area (Å²) in [7, 11) is -1.72. The predicted molar refractivity (Wildman–Crippen MR) is 87.0 cm³/mol. The lowest BCUT2D eigenvalue weighted by Gasteiger charge is -2.37. The summed E-state index contributed by atoms with van der Waals surface area (Å²) in [5.74, 6) is 0.288. The number of benzene rings is 1. The predicted octanol–water partition coefficient (Wildman–Crippen LogP) is 4.78. The Labute approximate surface area is 124 Å². The van der Waals surface area contributed by atoms with Crippen LogP contribution < -0.4 is 0 Å². The Balaban J connectivity index is 2.63. The van der Waals surface area contributed by atoms with E-state index in [1.54, 1.807) is 0 Å². The van der Waals surface area contributed by atoms with Crippen molar-refractivity contribution in [3.05, 3.63) is 35.9 Å². The number of hydrogen-bond donors (Lipinski definition) is 0. The van der Waals surface area contributed by atoms with Crippen LogP contribution >= 0.6 is 0 Å². The Morgan fingerprint density at radius 2 is 1.80 bits per heavy atom. The van der Waals surface area contributed by atoms with Gasteiger partial charge in [-0.3, -0.25) is 0 Å². The summed E-state index contributed by atoms with van der Waals surface area (Å²) in [6.07, 6.45) is 1.48. The van der Waals surface area contributed by atoms with Crippen molar-refractivity contribution in [2.75, 3.05) is 6.61 Å². The molecule has 3 heteroatoms. The van der Waals surface area contributed by atoms with Gasteiger partial charge in [-0.1, -0.05) is 51.1 Å². The molecule has 1 aromatic rings. The van der Waals surface area contributed by atoms with E-state index in [-0.39, 0.29) is 11.0 Å². The van der Waals surface area contributed by atoms with Gasteiger partial charge in [0.25, 0.3) is 0 Å². The maximum Gasteiger partial charge on any atom is 0.191 e. The van der Waals surface area contributed by atoms with Crippen LogP contribution in [0.3, 0.4) is 0 Å². The van der Waals surface area contributed by atoms with Gasteiger partial charge in [0.2, 0.25) is 0 Å². The maximum atomic E-state index is 9.01. The Hall–Kier alpha value is -1.11. The number of rotatable bonds is 6. The first-order chi connectivity index (χ1) is 9.26. The molecule has 0 unspecified atom stereocenters. The van der Waals surface area contributed by atoms with E-state index in [1.807, 2.05) is 18.2 Å². The lowest BCUT2D eigenvalue weighted by Crippen LogP contribution is -2.42. The van der Waals surface area contributed by atoms with Gasteiger partial charge < -0.3 is 4.43 Å². The summed E-state index contributed by atoms with van der Waals surface area (Å²) in [4.78, 5) is 0. The van der Waals surface area contributed by atoms with Crippen LogP contribution in [0.2, 0.25) is 18.1 Å². The zero-order chi connectivity index (χ0) is 15.2. The quantitative estimate of drug-likeness (QED) is 0.706. The zero-order valence-corrected chi connectivity index (χ0v) is 14.4. The van der Waals surface area contributed by atoms with E-state index in [4.69, 9.17) is 9.69 Å². The second-order valence-corrected chi connectivity index (χ2v) is 11.8. The van der Waals surface area contributed by atoms with Gasteiger partial charge in [-0.15, -0.1) is 0 Å². The van der Waals surface area contributed by atoms with Crippen LogP contribution in [0.25, 0.3) is 0 Å². The van der Waals surface area contributed by atoms with Gasteiger partial charge in [0.1, 0.15) is 0 Å². The summed E-state index contributed by atoms with van der Waals surface area (Å²) in [6, 6.07) is 12.7. The summed E-state index contributed by atoms with van der Waals surface area (Å²) in [6.45, 7) is 12.0. The summed E-state index contributed by atoms with van der Waals surface area (Å²) >= 11 is 0. The number of hydrogen-bond acceptors (Lipinski definition) is 2. The molecular formula is C17H27NOSi. The van der Waals surface area contributed by atoms with E-state index >= 15 is 0 Å². The van der Waals surface area contributed by atoms with Crippen molar-refractivity contribution >= 4 is 8.32 Å². The first kappa shape index (κ1) is 16.9. The van der Waals surface area contributed by atoms with Gasteiger partial charge in [0, 0.05) is 13.0 Å². The van der Waals surface area contributed by atoms with Crippen LogP contribution in [0.1, 0.15) is 32.8 Å². The highest BCUT2D eigenvalue weighted by molar-refractivity contribution is 6.74. The zero-order valence-electron chi connectivity index (χ0n) is 13.4. The molecule has 0 aliphatic heterocycles. The van der Waals surface area contributed by atoms with Crippen LogP contribution in [0.5, 0.6) is 0 Å². The normalized spacial score (nSPS) is 13.8. The van der Waals surface area contributed by atoms with Gasteiger partial charge >= 0.3 is 0 Å². The van der Waals surface area contributed by atoms with E-state index in [9.17, 15) is 0 Å². The molecule has 0 spiro atoms. The summed E-state index contributed by atoms with van der Waals surface area (Å²) in [5, 5.41) is 9.23. The van der Waals surface area contributed by atoms with Crippen molar-refractivity contribution in [3.63, 3.8) is 0 Å². The Morgan fingerprint density at radius 1 is 1.20 bits per heavy atom. The molecule has 0 aliphatic rings. The Kier molecular flexibility index (Phi) is 5.98. The lowest BCUT2D eigenvalue weighted by molar-refractivity contribution is 0.229. The van der Waals surface area contributed by atoms with Crippen LogP contribution in [-0.2, 0) is 10.8 Å². The molecule has 0 saturated carbocycles. The molecule has 0 fully saturated rings. The standard InChI is InChI=1S/C17H27NOSi/c1-17(2,3)20(4,5)19-14-16(11-12-18)13-15-9-7-6-8-10-15/h6-10,16H,11,13-14H2,1-5H3/t16-/m0/s1. The first-order valence-electron chi connectivity index (χ1n) is 7.31. The second kappa shape index (κ2) is 7.06. The van der Waals surface area contributed by atoms with Gasteiger partial charge in [-0.05, 0) is 36.0 Å². The van der Waals surface area contributed by atoms with Crippen LogP contribution in [0, 0.1) is 17.2 Å². The minimum atomic E-state index is -1.72. The first-order valence-corrected chi connectivity index (χ1v) is 10.2. The third kappa shape index (κ3) is 5.11. The molecule has 0 aliphatic carbocycles. The summed E-state index contributed by atoms with van der Waals surface area (Å²) < 4.78 is 6.27. The third-order valence-corrected chi connectivity index (χ3v) is 8.73. The molecule has 0 saturated heterocycles. The molecule has 1 atom stereocenters. The highest BCUT2D eigenvalue weighted by Gasteiger charge is 2.37. The molecule has 0 amide bonds. The number of nitrogens with zero attached hydrogens (tertiary/aromatic N) is 1. The van der Waals surface area contributed by atoms with E-state index in [0.717, 1.165) is 6.42 Å².